The molecule has 6 nitrogen and oxygen atoms in total. The molecular formula is C20H20Cl2N4O2. The molecule has 0 aliphatic carbocycles. The summed E-state index contributed by atoms with van der Waals surface area (Å²) in [6, 6.07) is 8.80. The summed E-state index contributed by atoms with van der Waals surface area (Å²) in [6.45, 7) is 3.04. The molecule has 0 radical (unpaired) electrons. The molecule has 0 saturated carbocycles. The van der Waals surface area contributed by atoms with Crippen molar-refractivity contribution in [3.8, 4) is 11.8 Å². The summed E-state index contributed by atoms with van der Waals surface area (Å²) in [5.41, 5.74) is 7.60. The molecule has 0 bridgehead atoms. The highest BCUT2D eigenvalue weighted by Gasteiger charge is 2.35. The number of ether oxygens (including phenoxy) is 1. The zero-order chi connectivity index (χ0) is 20.6. The Morgan fingerprint density at radius 3 is 2.64 bits per heavy atom. The van der Waals surface area contributed by atoms with Gasteiger partial charge in [-0.1, -0.05) is 29.3 Å². The van der Waals surface area contributed by atoms with E-state index in [1.165, 1.54) is 0 Å². The summed E-state index contributed by atoms with van der Waals surface area (Å²) < 4.78 is 7.31. The van der Waals surface area contributed by atoms with Crippen molar-refractivity contribution in [1.29, 1.82) is 5.26 Å². The number of benzene rings is 1. The van der Waals surface area contributed by atoms with Crippen LogP contribution in [0.1, 0.15) is 22.7 Å². The number of fused-ring (bicyclic) bond motifs is 1. The van der Waals surface area contributed by atoms with Gasteiger partial charge in [-0.05, 0) is 38.7 Å². The highest BCUT2D eigenvalue weighted by atomic mass is 35.5. The maximum Gasteiger partial charge on any atom is 0.258 e. The van der Waals surface area contributed by atoms with E-state index in [0.717, 1.165) is 5.69 Å². The van der Waals surface area contributed by atoms with Crippen LogP contribution in [0.3, 0.4) is 0 Å². The maximum atomic E-state index is 13.4. The van der Waals surface area contributed by atoms with Crippen LogP contribution in [0, 0.1) is 18.3 Å². The molecule has 0 spiro atoms. The Balaban J connectivity index is 2.27. The second-order valence-electron chi connectivity index (χ2n) is 6.91. The minimum Gasteiger partial charge on any atom is -0.440 e. The molecule has 0 saturated heterocycles. The first-order valence-corrected chi connectivity index (χ1v) is 9.41. The van der Waals surface area contributed by atoms with Gasteiger partial charge >= 0.3 is 0 Å². The van der Waals surface area contributed by atoms with Gasteiger partial charge in [0.2, 0.25) is 5.88 Å². The fourth-order valence-corrected chi connectivity index (χ4v) is 3.83. The van der Waals surface area contributed by atoms with Crippen molar-refractivity contribution < 1.29 is 4.74 Å². The van der Waals surface area contributed by atoms with E-state index < -0.39 is 5.92 Å². The predicted octanol–water partition coefficient (Wildman–Crippen LogP) is 3.24. The zero-order valence-corrected chi connectivity index (χ0v) is 17.3. The lowest BCUT2D eigenvalue weighted by molar-refractivity contribution is 0.369. The second kappa shape index (κ2) is 7.88. The quantitative estimate of drug-likeness (QED) is 0.823. The van der Waals surface area contributed by atoms with Crippen molar-refractivity contribution in [3.05, 3.63) is 72.9 Å². The van der Waals surface area contributed by atoms with Gasteiger partial charge in [-0.3, -0.25) is 4.79 Å². The van der Waals surface area contributed by atoms with Gasteiger partial charge in [-0.25, -0.2) is 0 Å². The molecule has 1 aromatic carbocycles. The van der Waals surface area contributed by atoms with Gasteiger partial charge in [0.05, 0.1) is 11.5 Å². The summed E-state index contributed by atoms with van der Waals surface area (Å²) in [7, 11) is 3.88. The number of likely N-dealkylation sites (N-methyl/N-ethyl adjacent to an activating group) is 1. The molecule has 2 heterocycles. The number of nitrogens with zero attached hydrogens (tertiary/aromatic N) is 3. The third-order valence-corrected chi connectivity index (χ3v) is 5.30. The van der Waals surface area contributed by atoms with Gasteiger partial charge in [0.1, 0.15) is 17.4 Å². The van der Waals surface area contributed by atoms with Crippen molar-refractivity contribution in [1.82, 2.24) is 9.47 Å². The van der Waals surface area contributed by atoms with Crippen LogP contribution in [0.25, 0.3) is 0 Å². The number of hydrogen-bond acceptors (Lipinski definition) is 5. The Kier molecular flexibility index (Phi) is 5.71. The first-order valence-electron chi connectivity index (χ1n) is 8.66. The molecule has 1 aliphatic heterocycles. The van der Waals surface area contributed by atoms with Gasteiger partial charge in [-0.15, -0.1) is 0 Å². The summed E-state index contributed by atoms with van der Waals surface area (Å²) in [6.07, 6.45) is 0. The molecule has 1 aliphatic rings. The van der Waals surface area contributed by atoms with Crippen LogP contribution in [-0.4, -0.2) is 30.1 Å². The van der Waals surface area contributed by atoms with Crippen LogP contribution in [0.5, 0.6) is 5.75 Å². The first-order chi connectivity index (χ1) is 13.2. The van der Waals surface area contributed by atoms with Crippen molar-refractivity contribution in [2.24, 2.45) is 5.73 Å². The Morgan fingerprint density at radius 2 is 2.04 bits per heavy atom. The van der Waals surface area contributed by atoms with E-state index in [1.807, 2.05) is 25.9 Å². The lowest BCUT2D eigenvalue weighted by atomic mass is 9.84. The van der Waals surface area contributed by atoms with Crippen LogP contribution < -0.4 is 16.0 Å². The Labute approximate surface area is 173 Å². The summed E-state index contributed by atoms with van der Waals surface area (Å²) in [5.74, 6) is -0.413. The highest BCUT2D eigenvalue weighted by Crippen LogP contribution is 2.43. The van der Waals surface area contributed by atoms with Gasteiger partial charge in [-0.2, -0.15) is 5.26 Å². The smallest absolute Gasteiger partial charge is 0.258 e. The van der Waals surface area contributed by atoms with Crippen molar-refractivity contribution >= 4 is 23.2 Å². The standard InChI is InChI=1S/C20H20Cl2N4O2/c1-11-8-16-18(20(27)26(11)7-6-25(2)3)17(14(10-23)19(24)28-16)13-5-4-12(21)9-15(13)22/h4-5,8-9,17H,6-7,24H2,1-3H3/t17-/m1/s1. The van der Waals surface area contributed by atoms with E-state index in [-0.39, 0.29) is 17.0 Å². The van der Waals surface area contributed by atoms with Gasteiger partial charge in [0.25, 0.3) is 5.56 Å². The summed E-state index contributed by atoms with van der Waals surface area (Å²) in [5, 5.41) is 10.5. The lowest BCUT2D eigenvalue weighted by Crippen LogP contribution is -2.34. The number of hydrogen-bond donors (Lipinski definition) is 1. The topological polar surface area (TPSA) is 84.3 Å². The Morgan fingerprint density at radius 1 is 1.32 bits per heavy atom. The molecule has 0 fully saturated rings. The first kappa shape index (κ1) is 20.3. The molecule has 2 aromatic rings. The molecule has 2 N–H and O–H groups in total. The van der Waals surface area contributed by atoms with E-state index >= 15 is 0 Å². The molecule has 8 heteroatoms. The monoisotopic (exact) mass is 418 g/mol. The van der Waals surface area contributed by atoms with Crippen LogP contribution in [-0.2, 0) is 6.54 Å². The number of rotatable bonds is 4. The largest absolute Gasteiger partial charge is 0.440 e. The number of nitriles is 1. The minimum absolute atomic E-state index is 0.0316. The number of allylic oxidation sites excluding steroid dienone is 1. The number of nitrogens with two attached hydrogens (primary N) is 1. The fraction of sp³-hybridized carbons (Fsp3) is 0.300. The Bertz CT molecular complexity index is 1070. The van der Waals surface area contributed by atoms with Gasteiger partial charge in [0.15, 0.2) is 0 Å². The van der Waals surface area contributed by atoms with Crippen molar-refractivity contribution in [2.75, 3.05) is 20.6 Å². The van der Waals surface area contributed by atoms with Crippen molar-refractivity contribution in [2.45, 2.75) is 19.4 Å². The molecule has 1 atom stereocenters. The van der Waals surface area contributed by atoms with E-state index in [1.54, 1.807) is 28.8 Å². The number of aromatic nitrogens is 1. The minimum atomic E-state index is -0.725. The lowest BCUT2D eigenvalue weighted by Gasteiger charge is -2.28. The third kappa shape index (κ3) is 3.61. The predicted molar refractivity (Wildman–Crippen MR) is 110 cm³/mol. The van der Waals surface area contributed by atoms with Gasteiger partial charge in [0, 0.05) is 34.9 Å². The fourth-order valence-electron chi connectivity index (χ4n) is 3.31. The SMILES string of the molecule is Cc1cc2c(c(=O)n1CCN(C)C)[C@H](c1ccc(Cl)cc1Cl)C(C#N)=C(N)O2. The van der Waals surface area contributed by atoms with Crippen molar-refractivity contribution in [3.63, 3.8) is 0 Å². The Hall–Kier alpha value is -2.46. The van der Waals surface area contributed by atoms with E-state index in [2.05, 4.69) is 6.07 Å². The van der Waals surface area contributed by atoms with Crippen LogP contribution in [0.2, 0.25) is 10.0 Å². The highest BCUT2D eigenvalue weighted by molar-refractivity contribution is 6.35. The molecule has 146 valence electrons. The average Bonchev–Trinajstić information content (AvgIpc) is 2.60. The number of aryl methyl sites for hydroxylation is 1. The van der Waals surface area contributed by atoms with Gasteiger partial charge < -0.3 is 19.9 Å². The maximum absolute atomic E-state index is 13.4. The average molecular weight is 419 g/mol. The van der Waals surface area contributed by atoms with Crippen LogP contribution in [0.15, 0.2) is 40.5 Å². The number of pyridine rings is 1. The third-order valence-electron chi connectivity index (χ3n) is 4.73. The summed E-state index contributed by atoms with van der Waals surface area (Å²) in [4.78, 5) is 15.4. The van der Waals surface area contributed by atoms with Crippen LogP contribution >= 0.6 is 23.2 Å². The number of halogens is 2. The molecular weight excluding hydrogens is 399 g/mol. The zero-order valence-electron chi connectivity index (χ0n) is 15.8. The van der Waals surface area contributed by atoms with E-state index in [0.29, 0.717) is 40.0 Å². The molecule has 28 heavy (non-hydrogen) atoms. The van der Waals surface area contributed by atoms with E-state index in [4.69, 9.17) is 33.7 Å². The van der Waals surface area contributed by atoms with E-state index in [9.17, 15) is 10.1 Å². The molecule has 3 rings (SSSR count). The molecule has 0 amide bonds. The second-order valence-corrected chi connectivity index (χ2v) is 7.76. The van der Waals surface area contributed by atoms with Crippen LogP contribution in [0.4, 0.5) is 0 Å². The normalized spacial score (nSPS) is 16.0. The summed E-state index contributed by atoms with van der Waals surface area (Å²) >= 11 is 12.4. The molecule has 1 aromatic heterocycles. The molecule has 0 unspecified atom stereocenters.